The molecule has 0 spiro atoms. The van der Waals surface area contributed by atoms with Crippen molar-refractivity contribution in [3.8, 4) is 6.07 Å². The van der Waals surface area contributed by atoms with Crippen LogP contribution in [0.4, 0.5) is 4.79 Å². The summed E-state index contributed by atoms with van der Waals surface area (Å²) in [7, 11) is 0. The number of hydrogen-bond donors (Lipinski definition) is 1. The normalized spacial score (nSPS) is 48.2. The molecule has 3 rings (SSSR count). The monoisotopic (exact) mass is 194 g/mol. The molecule has 1 amide bonds. The predicted octanol–water partition coefficient (Wildman–Crippen LogP) is 0.418. The Balaban J connectivity index is 1.88. The van der Waals surface area contributed by atoms with Crippen LogP contribution < -0.4 is 0 Å². The lowest BCUT2D eigenvalue weighted by Gasteiger charge is -2.36. The summed E-state index contributed by atoms with van der Waals surface area (Å²) >= 11 is 0. The zero-order valence-corrected chi connectivity index (χ0v) is 7.46. The van der Waals surface area contributed by atoms with Crippen LogP contribution in [0.5, 0.6) is 0 Å². The van der Waals surface area contributed by atoms with Gasteiger partial charge in [0.2, 0.25) is 0 Å². The van der Waals surface area contributed by atoms with Gasteiger partial charge in [0.05, 0.1) is 24.1 Å². The molecule has 3 aliphatic rings. The van der Waals surface area contributed by atoms with Gasteiger partial charge < -0.3 is 9.84 Å². The summed E-state index contributed by atoms with van der Waals surface area (Å²) in [6.07, 6.45) is 0.567. The number of rotatable bonds is 0. The lowest BCUT2D eigenvalue weighted by atomic mass is 9.91. The highest BCUT2D eigenvalue weighted by molar-refractivity contribution is 5.67. The fraction of sp³-hybridized carbons (Fsp3) is 0.778. The van der Waals surface area contributed by atoms with E-state index < -0.39 is 6.09 Å². The molecule has 0 aromatic heterocycles. The topological polar surface area (TPSA) is 76.9 Å². The Kier molecular flexibility index (Phi) is 1.38. The highest BCUT2D eigenvalue weighted by atomic mass is 16.6. The largest absolute Gasteiger partial charge is 0.465 e. The molecule has 14 heavy (non-hydrogen) atoms. The van der Waals surface area contributed by atoms with Crippen LogP contribution in [0.15, 0.2) is 0 Å². The molecule has 4 atom stereocenters. The van der Waals surface area contributed by atoms with Gasteiger partial charge in [-0.25, -0.2) is 4.79 Å². The zero-order valence-electron chi connectivity index (χ0n) is 7.46. The lowest BCUT2D eigenvalue weighted by molar-refractivity contribution is 0.0403. The van der Waals surface area contributed by atoms with E-state index >= 15 is 0 Å². The summed E-state index contributed by atoms with van der Waals surface area (Å²) in [6.45, 7) is 0. The van der Waals surface area contributed by atoms with Crippen molar-refractivity contribution in [1.29, 1.82) is 5.26 Å². The maximum absolute atomic E-state index is 11.0. The molecule has 0 saturated carbocycles. The van der Waals surface area contributed by atoms with Gasteiger partial charge in [-0.3, -0.25) is 4.90 Å². The van der Waals surface area contributed by atoms with Crippen molar-refractivity contribution in [3.63, 3.8) is 0 Å². The van der Waals surface area contributed by atoms with Gasteiger partial charge in [-0.2, -0.15) is 5.26 Å². The van der Waals surface area contributed by atoms with E-state index in [1.807, 2.05) is 0 Å². The highest BCUT2D eigenvalue weighted by Gasteiger charge is 2.65. The van der Waals surface area contributed by atoms with E-state index in [2.05, 4.69) is 6.07 Å². The van der Waals surface area contributed by atoms with Gasteiger partial charge in [-0.15, -0.1) is 0 Å². The van der Waals surface area contributed by atoms with Crippen molar-refractivity contribution in [2.45, 2.75) is 37.1 Å². The second-order valence-corrected chi connectivity index (χ2v) is 4.19. The molecule has 3 saturated heterocycles. The molecule has 5 heteroatoms. The van der Waals surface area contributed by atoms with Gasteiger partial charge >= 0.3 is 6.09 Å². The van der Waals surface area contributed by atoms with Crippen LogP contribution in [0.3, 0.4) is 0 Å². The van der Waals surface area contributed by atoms with Crippen LogP contribution >= 0.6 is 0 Å². The van der Waals surface area contributed by atoms with Gasteiger partial charge in [0.1, 0.15) is 12.2 Å². The first-order chi connectivity index (χ1) is 6.72. The third-order valence-electron chi connectivity index (χ3n) is 3.49. The summed E-state index contributed by atoms with van der Waals surface area (Å²) in [5.41, 5.74) is 0. The van der Waals surface area contributed by atoms with Crippen LogP contribution in [-0.2, 0) is 4.74 Å². The van der Waals surface area contributed by atoms with E-state index in [-0.39, 0.29) is 30.2 Å². The van der Waals surface area contributed by atoms with Crippen molar-refractivity contribution < 1.29 is 14.6 Å². The fourth-order valence-corrected chi connectivity index (χ4v) is 2.88. The Hall–Kier alpha value is -1.28. The average molecular weight is 194 g/mol. The number of carboxylic acid groups (broad SMARTS) is 1. The lowest BCUT2D eigenvalue weighted by Crippen LogP contribution is -2.49. The minimum absolute atomic E-state index is 0.0111. The number of ether oxygens (including phenoxy) is 1. The molecule has 3 aliphatic heterocycles. The van der Waals surface area contributed by atoms with Gasteiger partial charge in [-0.05, 0) is 12.8 Å². The smallest absolute Gasteiger partial charge is 0.407 e. The van der Waals surface area contributed by atoms with E-state index in [0.717, 1.165) is 0 Å². The van der Waals surface area contributed by atoms with Crippen molar-refractivity contribution >= 4 is 6.09 Å². The average Bonchev–Trinajstić information content (AvgIpc) is 2.90. The minimum atomic E-state index is -0.868. The highest BCUT2D eigenvalue weighted by Crippen LogP contribution is 2.49. The SMILES string of the molecule is N#CC1CC2C3OC3C(C1)N2C(=O)O. The number of hydrogen-bond acceptors (Lipinski definition) is 3. The number of morpholine rings is 1. The zero-order chi connectivity index (χ0) is 9.87. The van der Waals surface area contributed by atoms with Crippen molar-refractivity contribution in [3.05, 3.63) is 0 Å². The van der Waals surface area contributed by atoms with Crippen LogP contribution in [0, 0.1) is 17.2 Å². The van der Waals surface area contributed by atoms with E-state index in [0.29, 0.717) is 12.8 Å². The Morgan fingerprint density at radius 2 is 2.00 bits per heavy atom. The molecule has 5 nitrogen and oxygen atoms in total. The van der Waals surface area contributed by atoms with Crippen LogP contribution in [0.2, 0.25) is 0 Å². The third-order valence-corrected chi connectivity index (χ3v) is 3.49. The van der Waals surface area contributed by atoms with Crippen LogP contribution in [0.25, 0.3) is 0 Å². The van der Waals surface area contributed by atoms with Gasteiger partial charge in [-0.1, -0.05) is 0 Å². The molecule has 0 aromatic carbocycles. The Labute approximate surface area is 80.9 Å². The summed E-state index contributed by atoms with van der Waals surface area (Å²) < 4.78 is 5.38. The first-order valence-corrected chi connectivity index (χ1v) is 4.78. The molecule has 1 N–H and O–H groups in total. The second-order valence-electron chi connectivity index (χ2n) is 4.19. The maximum atomic E-state index is 11.0. The molecule has 0 aromatic rings. The molecule has 4 unspecified atom stereocenters. The van der Waals surface area contributed by atoms with Gasteiger partial charge in [0, 0.05) is 0 Å². The molecular formula is C9H10N2O3. The molecule has 0 aliphatic carbocycles. The molecular weight excluding hydrogens is 184 g/mol. The van der Waals surface area contributed by atoms with Gasteiger partial charge in [0.25, 0.3) is 0 Å². The van der Waals surface area contributed by atoms with Crippen molar-refractivity contribution in [2.75, 3.05) is 0 Å². The molecule has 74 valence electrons. The number of epoxide rings is 1. The Morgan fingerprint density at radius 3 is 2.43 bits per heavy atom. The summed E-state index contributed by atoms with van der Waals surface area (Å²) in [4.78, 5) is 12.5. The first kappa shape index (κ1) is 8.06. The van der Waals surface area contributed by atoms with Gasteiger partial charge in [0.15, 0.2) is 0 Å². The standard InChI is InChI=1S/C9H10N2O3/c10-3-4-1-5-7-8(14-7)6(2-4)11(5)9(12)13/h4-8H,1-2H2,(H,12,13). The van der Waals surface area contributed by atoms with Crippen molar-refractivity contribution in [1.82, 2.24) is 4.90 Å². The van der Waals surface area contributed by atoms with Crippen molar-refractivity contribution in [2.24, 2.45) is 5.92 Å². The maximum Gasteiger partial charge on any atom is 0.407 e. The second kappa shape index (κ2) is 2.39. The Bertz CT molecular complexity index is 319. The quantitative estimate of drug-likeness (QED) is 0.567. The van der Waals surface area contributed by atoms with Crippen LogP contribution in [0.1, 0.15) is 12.8 Å². The Morgan fingerprint density at radius 1 is 1.43 bits per heavy atom. The number of nitriles is 1. The third kappa shape index (κ3) is 0.840. The first-order valence-electron chi connectivity index (χ1n) is 4.78. The molecule has 2 bridgehead atoms. The number of carbonyl (C=O) groups is 1. The van der Waals surface area contributed by atoms with E-state index in [1.54, 1.807) is 0 Å². The van der Waals surface area contributed by atoms with E-state index in [9.17, 15) is 4.79 Å². The fourth-order valence-electron chi connectivity index (χ4n) is 2.88. The number of piperidine rings is 1. The number of nitrogens with zero attached hydrogens (tertiary/aromatic N) is 2. The molecule has 3 heterocycles. The summed E-state index contributed by atoms with van der Waals surface area (Å²) in [5.74, 6) is 0.0111. The van der Waals surface area contributed by atoms with E-state index in [1.165, 1.54) is 4.90 Å². The molecule has 3 fully saturated rings. The van der Waals surface area contributed by atoms with E-state index in [4.69, 9.17) is 15.1 Å². The summed E-state index contributed by atoms with van der Waals surface area (Å²) in [6, 6.07) is 2.09. The number of fused-ring (bicyclic) bond motifs is 5. The predicted molar refractivity (Wildman–Crippen MR) is 44.4 cm³/mol. The number of amides is 1. The minimum Gasteiger partial charge on any atom is -0.465 e. The molecule has 0 radical (unpaired) electrons. The summed E-state index contributed by atoms with van der Waals surface area (Å²) in [5, 5.41) is 17.8. The van der Waals surface area contributed by atoms with Crippen LogP contribution in [-0.4, -0.2) is 40.4 Å².